The number of ether oxygens (including phenoxy) is 1. The smallest absolute Gasteiger partial charge is 0.226 e. The Hall–Kier alpha value is -2.08. The number of sulfone groups is 1. The summed E-state index contributed by atoms with van der Waals surface area (Å²) in [4.78, 5) is 14.1. The van der Waals surface area contributed by atoms with Crippen LogP contribution in [0, 0.1) is 5.92 Å². The van der Waals surface area contributed by atoms with Crippen LogP contribution in [0.5, 0.6) is 5.75 Å². The van der Waals surface area contributed by atoms with Crippen LogP contribution in [0.3, 0.4) is 0 Å². The monoisotopic (exact) mass is 347 g/mol. The SMILES string of the molecule is COc1ccc2cc(CN(C)C(=O)[C@@H]3CCS(=O)(=O)C3)ccc2c1. The maximum Gasteiger partial charge on any atom is 0.226 e. The molecule has 0 unspecified atom stereocenters. The third kappa shape index (κ3) is 3.53. The van der Waals surface area contributed by atoms with E-state index in [9.17, 15) is 13.2 Å². The van der Waals surface area contributed by atoms with E-state index in [1.807, 2.05) is 36.4 Å². The van der Waals surface area contributed by atoms with E-state index in [1.54, 1.807) is 19.1 Å². The fraction of sp³-hybridized carbons (Fsp3) is 0.389. The van der Waals surface area contributed by atoms with E-state index in [2.05, 4.69) is 0 Å². The Morgan fingerprint density at radius 3 is 2.58 bits per heavy atom. The molecule has 0 aromatic heterocycles. The number of nitrogens with zero attached hydrogens (tertiary/aromatic N) is 1. The topological polar surface area (TPSA) is 63.7 Å². The van der Waals surface area contributed by atoms with Gasteiger partial charge in [0.15, 0.2) is 9.84 Å². The van der Waals surface area contributed by atoms with Gasteiger partial charge in [-0.05, 0) is 41.0 Å². The van der Waals surface area contributed by atoms with Gasteiger partial charge in [0.05, 0.1) is 24.5 Å². The van der Waals surface area contributed by atoms with Crippen molar-refractivity contribution in [1.29, 1.82) is 0 Å². The Kier molecular flexibility index (Phi) is 4.49. The van der Waals surface area contributed by atoms with Gasteiger partial charge in [0.1, 0.15) is 5.75 Å². The van der Waals surface area contributed by atoms with Crippen molar-refractivity contribution in [3.05, 3.63) is 42.0 Å². The molecule has 2 aromatic carbocycles. The number of carbonyl (C=O) groups excluding carboxylic acids is 1. The van der Waals surface area contributed by atoms with Gasteiger partial charge in [0.25, 0.3) is 0 Å². The Balaban J connectivity index is 1.73. The van der Waals surface area contributed by atoms with Crippen molar-refractivity contribution in [3.63, 3.8) is 0 Å². The number of hydrogen-bond acceptors (Lipinski definition) is 4. The highest BCUT2D eigenvalue weighted by molar-refractivity contribution is 7.91. The molecule has 1 aliphatic heterocycles. The lowest BCUT2D eigenvalue weighted by molar-refractivity contribution is -0.133. The third-order valence-electron chi connectivity index (χ3n) is 4.49. The van der Waals surface area contributed by atoms with E-state index in [0.29, 0.717) is 13.0 Å². The maximum atomic E-state index is 12.4. The zero-order valence-electron chi connectivity index (χ0n) is 13.9. The highest BCUT2D eigenvalue weighted by Crippen LogP contribution is 2.24. The number of methoxy groups -OCH3 is 1. The van der Waals surface area contributed by atoms with E-state index < -0.39 is 15.8 Å². The van der Waals surface area contributed by atoms with Crippen LogP contribution in [0.15, 0.2) is 36.4 Å². The summed E-state index contributed by atoms with van der Waals surface area (Å²) in [6.45, 7) is 0.470. The molecule has 1 saturated heterocycles. The van der Waals surface area contributed by atoms with E-state index in [-0.39, 0.29) is 17.4 Å². The Morgan fingerprint density at radius 1 is 1.21 bits per heavy atom. The summed E-state index contributed by atoms with van der Waals surface area (Å²) in [5.41, 5.74) is 1.02. The number of hydrogen-bond donors (Lipinski definition) is 0. The summed E-state index contributed by atoms with van der Waals surface area (Å²) >= 11 is 0. The molecule has 128 valence electrons. The maximum absolute atomic E-state index is 12.4. The largest absolute Gasteiger partial charge is 0.497 e. The number of rotatable bonds is 4. The molecule has 0 radical (unpaired) electrons. The zero-order valence-corrected chi connectivity index (χ0v) is 14.7. The Bertz CT molecular complexity index is 876. The van der Waals surface area contributed by atoms with Gasteiger partial charge in [-0.15, -0.1) is 0 Å². The highest BCUT2D eigenvalue weighted by atomic mass is 32.2. The fourth-order valence-electron chi connectivity index (χ4n) is 3.15. The van der Waals surface area contributed by atoms with Crippen molar-refractivity contribution < 1.29 is 17.9 Å². The molecule has 0 bridgehead atoms. The first-order valence-corrected chi connectivity index (χ1v) is 9.72. The highest BCUT2D eigenvalue weighted by Gasteiger charge is 2.34. The summed E-state index contributed by atoms with van der Waals surface area (Å²) in [6, 6.07) is 11.9. The van der Waals surface area contributed by atoms with E-state index in [1.165, 1.54) is 0 Å². The summed E-state index contributed by atoms with van der Waals surface area (Å²) < 4.78 is 28.3. The van der Waals surface area contributed by atoms with Crippen LogP contribution < -0.4 is 4.74 Å². The van der Waals surface area contributed by atoms with Crippen LogP contribution in [0.4, 0.5) is 0 Å². The van der Waals surface area contributed by atoms with E-state index >= 15 is 0 Å². The van der Waals surface area contributed by atoms with Crippen LogP contribution in [-0.4, -0.2) is 44.9 Å². The van der Waals surface area contributed by atoms with Gasteiger partial charge in [-0.1, -0.05) is 18.2 Å². The van der Waals surface area contributed by atoms with E-state index in [0.717, 1.165) is 22.1 Å². The first kappa shape index (κ1) is 16.8. The number of fused-ring (bicyclic) bond motifs is 1. The van der Waals surface area contributed by atoms with Crippen molar-refractivity contribution in [2.75, 3.05) is 25.7 Å². The van der Waals surface area contributed by atoms with Gasteiger partial charge in [0.2, 0.25) is 5.91 Å². The van der Waals surface area contributed by atoms with Crippen molar-refractivity contribution in [2.24, 2.45) is 5.92 Å². The Labute approximate surface area is 142 Å². The minimum absolute atomic E-state index is 0.0202. The molecule has 3 rings (SSSR count). The van der Waals surface area contributed by atoms with Crippen molar-refractivity contribution in [3.8, 4) is 5.75 Å². The lowest BCUT2D eigenvalue weighted by Gasteiger charge is -2.20. The van der Waals surface area contributed by atoms with Crippen LogP contribution in [0.1, 0.15) is 12.0 Å². The lowest BCUT2D eigenvalue weighted by atomic mass is 10.0. The quantitative estimate of drug-likeness (QED) is 0.851. The molecule has 0 saturated carbocycles. The minimum Gasteiger partial charge on any atom is -0.497 e. The molecular formula is C18H21NO4S. The van der Waals surface area contributed by atoms with E-state index in [4.69, 9.17) is 4.74 Å². The van der Waals surface area contributed by atoms with Crippen molar-refractivity contribution >= 4 is 26.5 Å². The second kappa shape index (κ2) is 6.43. The first-order valence-electron chi connectivity index (χ1n) is 7.90. The van der Waals surface area contributed by atoms with Crippen LogP contribution in [0.2, 0.25) is 0 Å². The molecule has 0 spiro atoms. The van der Waals surface area contributed by atoms with Crippen molar-refractivity contribution in [1.82, 2.24) is 4.90 Å². The molecular weight excluding hydrogens is 326 g/mol. The predicted octanol–water partition coefficient (Wildman–Crippen LogP) is 2.24. The molecule has 2 aromatic rings. The normalized spacial score (nSPS) is 19.3. The first-order chi connectivity index (χ1) is 11.4. The molecule has 1 heterocycles. The molecule has 0 aliphatic carbocycles. The van der Waals surface area contributed by atoms with Gasteiger partial charge in [0, 0.05) is 13.6 Å². The summed E-state index contributed by atoms with van der Waals surface area (Å²) in [5.74, 6) is 0.420. The van der Waals surface area contributed by atoms with Crippen LogP contribution >= 0.6 is 0 Å². The number of benzene rings is 2. The van der Waals surface area contributed by atoms with Gasteiger partial charge in [-0.3, -0.25) is 4.79 Å². The fourth-order valence-corrected chi connectivity index (χ4v) is 4.88. The third-order valence-corrected chi connectivity index (χ3v) is 6.26. The van der Waals surface area contributed by atoms with Crippen LogP contribution in [0.25, 0.3) is 10.8 Å². The summed E-state index contributed by atoms with van der Waals surface area (Å²) in [7, 11) is 0.324. The molecule has 1 fully saturated rings. The molecule has 1 amide bonds. The standard InChI is InChI=1S/C18H21NO4S/c1-19(18(20)16-7-8-24(21,22)12-16)11-13-3-4-15-10-17(23-2)6-5-14(15)9-13/h3-6,9-10,16H,7-8,11-12H2,1-2H3/t16-/m1/s1. The lowest BCUT2D eigenvalue weighted by Crippen LogP contribution is -2.33. The molecule has 1 atom stereocenters. The van der Waals surface area contributed by atoms with Crippen LogP contribution in [-0.2, 0) is 21.2 Å². The molecule has 5 nitrogen and oxygen atoms in total. The van der Waals surface area contributed by atoms with Gasteiger partial charge in [-0.2, -0.15) is 0 Å². The molecule has 0 N–H and O–H groups in total. The molecule has 24 heavy (non-hydrogen) atoms. The number of carbonyl (C=O) groups is 1. The Morgan fingerprint density at radius 2 is 1.92 bits per heavy atom. The minimum atomic E-state index is -3.04. The second-order valence-corrected chi connectivity index (χ2v) is 8.57. The summed E-state index contributed by atoms with van der Waals surface area (Å²) in [5, 5.41) is 2.16. The van der Waals surface area contributed by atoms with Gasteiger partial charge < -0.3 is 9.64 Å². The number of amides is 1. The zero-order chi connectivity index (χ0) is 17.3. The average molecular weight is 347 g/mol. The van der Waals surface area contributed by atoms with Gasteiger partial charge >= 0.3 is 0 Å². The molecule has 6 heteroatoms. The second-order valence-electron chi connectivity index (χ2n) is 6.34. The molecule has 1 aliphatic rings. The predicted molar refractivity (Wildman–Crippen MR) is 93.7 cm³/mol. The van der Waals surface area contributed by atoms with Crippen molar-refractivity contribution in [2.45, 2.75) is 13.0 Å². The van der Waals surface area contributed by atoms with Gasteiger partial charge in [-0.25, -0.2) is 8.42 Å². The summed E-state index contributed by atoms with van der Waals surface area (Å²) in [6.07, 6.45) is 0.434. The average Bonchev–Trinajstić information content (AvgIpc) is 2.93.